The standard InChI is InChI=1S/C12H19N3OS/c1-5-9(3)13-7-11-8-17-12(14-11)15(6-2)10(4)16/h5,8-9,13H,1,6-7H2,2-4H3. The number of nitrogens with one attached hydrogen (secondary N) is 1. The van der Waals surface area contributed by atoms with Crippen molar-refractivity contribution in [3.63, 3.8) is 0 Å². The van der Waals surface area contributed by atoms with Gasteiger partial charge in [-0.2, -0.15) is 0 Å². The van der Waals surface area contributed by atoms with Crippen molar-refractivity contribution in [1.29, 1.82) is 0 Å². The fourth-order valence-electron chi connectivity index (χ4n) is 1.34. The third-order valence-corrected chi connectivity index (χ3v) is 3.34. The Bertz CT molecular complexity index is 389. The van der Waals surface area contributed by atoms with Gasteiger partial charge in [0.15, 0.2) is 5.13 Å². The van der Waals surface area contributed by atoms with Crippen molar-refractivity contribution in [1.82, 2.24) is 10.3 Å². The van der Waals surface area contributed by atoms with Crippen molar-refractivity contribution in [2.75, 3.05) is 11.4 Å². The highest BCUT2D eigenvalue weighted by Gasteiger charge is 2.13. The van der Waals surface area contributed by atoms with E-state index in [9.17, 15) is 4.79 Å². The van der Waals surface area contributed by atoms with Crippen molar-refractivity contribution in [2.45, 2.75) is 33.4 Å². The van der Waals surface area contributed by atoms with Crippen LogP contribution in [0.25, 0.3) is 0 Å². The number of hydrogen-bond acceptors (Lipinski definition) is 4. The Morgan fingerprint density at radius 1 is 1.76 bits per heavy atom. The summed E-state index contributed by atoms with van der Waals surface area (Å²) in [5.74, 6) is 0.0285. The summed E-state index contributed by atoms with van der Waals surface area (Å²) in [6.07, 6.45) is 1.85. The number of carbonyl (C=O) groups is 1. The molecule has 1 atom stereocenters. The summed E-state index contributed by atoms with van der Waals surface area (Å²) in [6, 6.07) is 0.259. The van der Waals surface area contributed by atoms with Gasteiger partial charge in [0.1, 0.15) is 0 Å². The van der Waals surface area contributed by atoms with Crippen LogP contribution in [0.5, 0.6) is 0 Å². The molecule has 1 amide bonds. The van der Waals surface area contributed by atoms with Crippen LogP contribution in [-0.2, 0) is 11.3 Å². The van der Waals surface area contributed by atoms with Crippen molar-refractivity contribution in [2.24, 2.45) is 0 Å². The number of aromatic nitrogens is 1. The second kappa shape index (κ2) is 6.51. The molecule has 1 unspecified atom stereocenters. The minimum Gasteiger partial charge on any atom is -0.305 e. The zero-order valence-corrected chi connectivity index (χ0v) is 11.4. The van der Waals surface area contributed by atoms with E-state index in [0.717, 1.165) is 10.8 Å². The van der Waals surface area contributed by atoms with Crippen LogP contribution in [0.2, 0.25) is 0 Å². The molecule has 1 aromatic rings. The van der Waals surface area contributed by atoms with E-state index in [1.807, 2.05) is 25.3 Å². The first kappa shape index (κ1) is 13.9. The largest absolute Gasteiger partial charge is 0.305 e. The van der Waals surface area contributed by atoms with Gasteiger partial charge in [0.05, 0.1) is 5.69 Å². The number of carbonyl (C=O) groups excluding carboxylic acids is 1. The summed E-state index contributed by atoms with van der Waals surface area (Å²) in [5.41, 5.74) is 0.957. The molecule has 0 saturated heterocycles. The summed E-state index contributed by atoms with van der Waals surface area (Å²) in [7, 11) is 0. The van der Waals surface area contributed by atoms with Gasteiger partial charge >= 0.3 is 0 Å². The molecule has 4 nitrogen and oxygen atoms in total. The molecule has 0 aliphatic carbocycles. The first-order chi connectivity index (χ1) is 8.08. The van der Waals surface area contributed by atoms with Gasteiger partial charge in [-0.1, -0.05) is 6.08 Å². The van der Waals surface area contributed by atoms with Crippen molar-refractivity contribution >= 4 is 22.4 Å². The van der Waals surface area contributed by atoms with E-state index in [0.29, 0.717) is 13.1 Å². The fourth-order valence-corrected chi connectivity index (χ4v) is 2.28. The molecule has 17 heavy (non-hydrogen) atoms. The lowest BCUT2D eigenvalue weighted by Crippen LogP contribution is -2.28. The molecule has 0 aliphatic heterocycles. The second-order valence-corrected chi connectivity index (χ2v) is 4.63. The molecule has 0 aliphatic rings. The average Bonchev–Trinajstić information content (AvgIpc) is 2.75. The van der Waals surface area contributed by atoms with Gasteiger partial charge in [-0.3, -0.25) is 9.69 Å². The van der Waals surface area contributed by atoms with Gasteiger partial charge in [-0.05, 0) is 13.8 Å². The van der Waals surface area contributed by atoms with Crippen LogP contribution in [0.4, 0.5) is 5.13 Å². The number of nitrogens with zero attached hydrogens (tertiary/aromatic N) is 2. The molecule has 5 heteroatoms. The molecular weight excluding hydrogens is 234 g/mol. The van der Waals surface area contributed by atoms with Crippen LogP contribution < -0.4 is 10.2 Å². The summed E-state index contributed by atoms with van der Waals surface area (Å²) in [5, 5.41) is 6.01. The third-order valence-electron chi connectivity index (χ3n) is 2.43. The van der Waals surface area contributed by atoms with E-state index in [4.69, 9.17) is 0 Å². The van der Waals surface area contributed by atoms with E-state index >= 15 is 0 Å². The fraction of sp³-hybridized carbons (Fsp3) is 0.500. The molecule has 0 saturated carbocycles. The Hall–Kier alpha value is -1.20. The zero-order chi connectivity index (χ0) is 12.8. The number of amides is 1. The highest BCUT2D eigenvalue weighted by molar-refractivity contribution is 7.14. The third kappa shape index (κ3) is 3.94. The van der Waals surface area contributed by atoms with Crippen LogP contribution in [0.3, 0.4) is 0 Å². The topological polar surface area (TPSA) is 45.2 Å². The lowest BCUT2D eigenvalue weighted by molar-refractivity contribution is -0.116. The van der Waals surface area contributed by atoms with Gasteiger partial charge in [0.2, 0.25) is 5.91 Å². The quantitative estimate of drug-likeness (QED) is 0.790. The first-order valence-corrected chi connectivity index (χ1v) is 6.54. The molecule has 94 valence electrons. The maximum atomic E-state index is 11.4. The monoisotopic (exact) mass is 253 g/mol. The Kier molecular flexibility index (Phi) is 5.31. The van der Waals surface area contributed by atoms with Gasteiger partial charge in [0.25, 0.3) is 0 Å². The van der Waals surface area contributed by atoms with Crippen LogP contribution in [-0.4, -0.2) is 23.5 Å². The Balaban J connectivity index is 2.64. The van der Waals surface area contributed by atoms with Gasteiger partial charge in [0, 0.05) is 31.4 Å². The summed E-state index contributed by atoms with van der Waals surface area (Å²) in [4.78, 5) is 17.5. The average molecular weight is 253 g/mol. The van der Waals surface area contributed by atoms with Gasteiger partial charge in [-0.15, -0.1) is 17.9 Å². The first-order valence-electron chi connectivity index (χ1n) is 5.67. The molecule has 0 bridgehead atoms. The minimum atomic E-state index is 0.0285. The summed E-state index contributed by atoms with van der Waals surface area (Å²) < 4.78 is 0. The number of rotatable bonds is 6. The second-order valence-electron chi connectivity index (χ2n) is 3.79. The minimum absolute atomic E-state index is 0.0285. The summed E-state index contributed by atoms with van der Waals surface area (Å²) >= 11 is 1.50. The van der Waals surface area contributed by atoms with Crippen molar-refractivity contribution in [3.05, 3.63) is 23.7 Å². The van der Waals surface area contributed by atoms with E-state index in [2.05, 4.69) is 16.9 Å². The normalized spacial score (nSPS) is 12.2. The molecule has 1 heterocycles. The van der Waals surface area contributed by atoms with Crippen molar-refractivity contribution < 1.29 is 4.79 Å². The van der Waals surface area contributed by atoms with E-state index < -0.39 is 0 Å². The molecule has 0 spiro atoms. The van der Waals surface area contributed by atoms with Gasteiger partial charge < -0.3 is 5.32 Å². The molecule has 1 N–H and O–H groups in total. The predicted molar refractivity (Wildman–Crippen MR) is 72.3 cm³/mol. The molecule has 1 aromatic heterocycles. The number of anilines is 1. The Labute approximate surface area is 106 Å². The number of hydrogen-bond donors (Lipinski definition) is 1. The highest BCUT2D eigenvalue weighted by atomic mass is 32.1. The predicted octanol–water partition coefficient (Wildman–Crippen LogP) is 2.18. The lowest BCUT2D eigenvalue weighted by Gasteiger charge is -2.14. The van der Waals surface area contributed by atoms with Crippen LogP contribution in [0.15, 0.2) is 18.0 Å². The smallest absolute Gasteiger partial charge is 0.225 e. The molecular formula is C12H19N3OS. The van der Waals surface area contributed by atoms with Crippen molar-refractivity contribution in [3.8, 4) is 0 Å². The van der Waals surface area contributed by atoms with E-state index in [1.54, 1.807) is 11.8 Å². The molecule has 0 fully saturated rings. The van der Waals surface area contributed by atoms with E-state index in [1.165, 1.54) is 11.3 Å². The zero-order valence-electron chi connectivity index (χ0n) is 10.6. The molecule has 1 rings (SSSR count). The number of thiazole rings is 1. The highest BCUT2D eigenvalue weighted by Crippen LogP contribution is 2.20. The Morgan fingerprint density at radius 3 is 3.00 bits per heavy atom. The van der Waals surface area contributed by atoms with Crippen LogP contribution in [0, 0.1) is 0 Å². The molecule has 0 radical (unpaired) electrons. The van der Waals surface area contributed by atoms with Crippen LogP contribution >= 0.6 is 11.3 Å². The van der Waals surface area contributed by atoms with Gasteiger partial charge in [-0.25, -0.2) is 4.98 Å². The summed E-state index contributed by atoms with van der Waals surface area (Å²) in [6.45, 7) is 10.6. The maximum absolute atomic E-state index is 11.4. The molecule has 0 aromatic carbocycles. The Morgan fingerprint density at radius 2 is 2.47 bits per heavy atom. The SMILES string of the molecule is C=CC(C)NCc1csc(N(CC)C(C)=O)n1. The van der Waals surface area contributed by atoms with E-state index in [-0.39, 0.29) is 11.9 Å². The maximum Gasteiger partial charge on any atom is 0.225 e. The van der Waals surface area contributed by atoms with Crippen LogP contribution in [0.1, 0.15) is 26.5 Å². The lowest BCUT2D eigenvalue weighted by atomic mass is 10.3.